The topological polar surface area (TPSA) is 139 Å². The summed E-state index contributed by atoms with van der Waals surface area (Å²) in [6.07, 6.45) is 6.69. The van der Waals surface area contributed by atoms with Crippen LogP contribution in [0.4, 0.5) is 4.79 Å². The molecule has 0 bridgehead atoms. The Morgan fingerprint density at radius 1 is 0.682 bits per heavy atom. The normalized spacial score (nSPS) is 15.8. The Bertz CT molecular complexity index is 1760. The van der Waals surface area contributed by atoms with Gasteiger partial charge in [0.2, 0.25) is 5.91 Å². The highest BCUT2D eigenvalue weighted by molar-refractivity contribution is 7.44. The van der Waals surface area contributed by atoms with Crippen LogP contribution in [-0.2, 0) is 43.1 Å². The van der Waals surface area contributed by atoms with Crippen molar-refractivity contribution in [1.82, 2.24) is 19.8 Å². The minimum absolute atomic E-state index is 0.0147. The van der Waals surface area contributed by atoms with E-state index in [9.17, 15) is 9.59 Å². The van der Waals surface area contributed by atoms with Gasteiger partial charge in [0.15, 0.2) is 0 Å². The van der Waals surface area contributed by atoms with E-state index >= 15 is 0 Å². The maximum Gasteiger partial charge on any atom is 0.317 e. The van der Waals surface area contributed by atoms with Crippen LogP contribution in [0.3, 0.4) is 0 Å². The van der Waals surface area contributed by atoms with Gasteiger partial charge in [-0.2, -0.15) is 0 Å². The molecule has 364 valence electrons. The monoisotopic (exact) mass is 937 g/mol. The molecule has 1 fully saturated rings. The van der Waals surface area contributed by atoms with Crippen molar-refractivity contribution in [2.45, 2.75) is 64.6 Å². The predicted molar refractivity (Wildman–Crippen MR) is 257 cm³/mol. The van der Waals surface area contributed by atoms with Crippen molar-refractivity contribution >= 4 is 20.5 Å². The first-order chi connectivity index (χ1) is 32.1. The summed E-state index contributed by atoms with van der Waals surface area (Å²) in [6.45, 7) is 13.9. The summed E-state index contributed by atoms with van der Waals surface area (Å²) in [6, 6.07) is 26.1. The molecule has 0 aliphatic carbocycles. The van der Waals surface area contributed by atoms with Crippen LogP contribution >= 0.6 is 8.53 Å². The molecule has 15 nitrogen and oxygen atoms in total. The minimum Gasteiger partial charge on any atom is -0.497 e. The third-order valence-corrected chi connectivity index (χ3v) is 12.8. The first-order valence-electron chi connectivity index (χ1n) is 23.0. The van der Waals surface area contributed by atoms with Gasteiger partial charge in [-0.05, 0) is 75.1 Å². The number of ether oxygens (including phenoxy) is 7. The van der Waals surface area contributed by atoms with Crippen LogP contribution in [0.5, 0.6) is 11.5 Å². The van der Waals surface area contributed by atoms with Gasteiger partial charge in [-0.3, -0.25) is 4.79 Å². The summed E-state index contributed by atoms with van der Waals surface area (Å²) in [5.41, 5.74) is 1.83. The average Bonchev–Trinajstić information content (AvgIpc) is 3.33. The summed E-state index contributed by atoms with van der Waals surface area (Å²) in [5, 5.41) is 2.96. The summed E-state index contributed by atoms with van der Waals surface area (Å²) in [5.74, 6) is 4.07. The molecule has 66 heavy (non-hydrogen) atoms. The average molecular weight is 937 g/mol. The molecule has 0 spiro atoms. The number of nitrogens with zero attached hydrogens (tertiary/aromatic N) is 3. The van der Waals surface area contributed by atoms with E-state index in [4.69, 9.17) is 48.6 Å². The van der Waals surface area contributed by atoms with Crippen molar-refractivity contribution in [1.29, 1.82) is 0 Å². The van der Waals surface area contributed by atoms with E-state index in [0.717, 1.165) is 28.2 Å². The third kappa shape index (κ3) is 17.7. The number of benzene rings is 3. The second-order valence-electron chi connectivity index (χ2n) is 15.9. The summed E-state index contributed by atoms with van der Waals surface area (Å²) in [4.78, 5) is 30.4. The van der Waals surface area contributed by atoms with Crippen molar-refractivity contribution in [2.75, 3.05) is 120 Å². The first kappa shape index (κ1) is 54.3. The number of carbonyl (C=O) groups is 2. The molecular weight excluding hydrogens is 864 g/mol. The number of nitrogens with one attached hydrogen (secondary N) is 1. The van der Waals surface area contributed by atoms with Gasteiger partial charge in [0.05, 0.1) is 80.3 Å². The number of hydrogen-bond acceptors (Lipinski definition) is 12. The molecule has 0 radical (unpaired) electrons. The maximum atomic E-state index is 13.7. The quantitative estimate of drug-likeness (QED) is 0.0535. The smallest absolute Gasteiger partial charge is 0.317 e. The Kier molecular flexibility index (Phi) is 25.4. The number of carbonyl (C=O) groups excluding carboxylic acids is 2. The zero-order valence-electron chi connectivity index (χ0n) is 40.0. The van der Waals surface area contributed by atoms with Crippen molar-refractivity contribution < 1.29 is 51.8 Å². The van der Waals surface area contributed by atoms with Crippen LogP contribution in [0.25, 0.3) is 0 Å². The largest absolute Gasteiger partial charge is 0.497 e. The number of urea groups is 1. The molecule has 4 rings (SSSR count). The highest BCUT2D eigenvalue weighted by Crippen LogP contribution is 2.46. The van der Waals surface area contributed by atoms with E-state index in [-0.39, 0.29) is 37.0 Å². The number of amides is 3. The van der Waals surface area contributed by atoms with Crippen LogP contribution in [0.15, 0.2) is 78.9 Å². The van der Waals surface area contributed by atoms with E-state index in [2.05, 4.69) is 55.7 Å². The molecule has 1 aliphatic rings. The second kappa shape index (κ2) is 30.9. The summed E-state index contributed by atoms with van der Waals surface area (Å²) >= 11 is 0. The molecule has 1 N–H and O–H groups in total. The van der Waals surface area contributed by atoms with E-state index in [1.807, 2.05) is 66.7 Å². The fourth-order valence-electron chi connectivity index (χ4n) is 7.42. The third-order valence-electron chi connectivity index (χ3n) is 10.7. The van der Waals surface area contributed by atoms with Gasteiger partial charge in [-0.1, -0.05) is 54.6 Å². The van der Waals surface area contributed by atoms with Gasteiger partial charge in [0.1, 0.15) is 17.1 Å². The van der Waals surface area contributed by atoms with Crippen molar-refractivity contribution in [3.05, 3.63) is 95.6 Å². The zero-order valence-corrected chi connectivity index (χ0v) is 40.8. The van der Waals surface area contributed by atoms with Crippen LogP contribution in [0.1, 0.15) is 63.6 Å². The Balaban J connectivity index is 1.28. The van der Waals surface area contributed by atoms with Crippen LogP contribution in [0.2, 0.25) is 0 Å². The molecule has 16 heteroatoms. The van der Waals surface area contributed by atoms with Crippen molar-refractivity contribution in [2.24, 2.45) is 0 Å². The summed E-state index contributed by atoms with van der Waals surface area (Å²) in [7, 11) is 1.94. The van der Waals surface area contributed by atoms with Crippen LogP contribution in [-0.4, -0.2) is 158 Å². The van der Waals surface area contributed by atoms with Gasteiger partial charge in [-0.25, -0.2) is 9.46 Å². The summed E-state index contributed by atoms with van der Waals surface area (Å²) < 4.78 is 55.8. The molecule has 3 amide bonds. The van der Waals surface area contributed by atoms with Crippen molar-refractivity contribution in [3.63, 3.8) is 0 Å². The molecule has 1 unspecified atom stereocenters. The molecule has 1 saturated heterocycles. The Hall–Kier alpha value is -4.33. The van der Waals surface area contributed by atoms with Crippen LogP contribution < -0.4 is 14.8 Å². The lowest BCUT2D eigenvalue weighted by Gasteiger charge is -2.36. The zero-order chi connectivity index (χ0) is 47.4. The van der Waals surface area contributed by atoms with Gasteiger partial charge in [0, 0.05) is 64.3 Å². The number of terminal acetylenes is 1. The lowest BCUT2D eigenvalue weighted by Crippen LogP contribution is -2.44. The van der Waals surface area contributed by atoms with Crippen molar-refractivity contribution in [3.8, 4) is 23.8 Å². The molecule has 0 aromatic heterocycles. The molecule has 1 aliphatic heterocycles. The van der Waals surface area contributed by atoms with Gasteiger partial charge in [0.25, 0.3) is 8.53 Å². The van der Waals surface area contributed by atoms with E-state index in [0.29, 0.717) is 112 Å². The molecule has 0 saturated carbocycles. The Labute approximate surface area is 394 Å². The van der Waals surface area contributed by atoms with Gasteiger partial charge in [-0.15, -0.1) is 12.3 Å². The number of hydrogen-bond donors (Lipinski definition) is 1. The van der Waals surface area contributed by atoms with E-state index in [1.165, 1.54) is 0 Å². The molecular formula is C50H73N4O11P. The Morgan fingerprint density at radius 2 is 1.15 bits per heavy atom. The minimum atomic E-state index is -1.35. The fraction of sp³-hybridized carbons (Fsp3) is 0.560. The van der Waals surface area contributed by atoms with Crippen LogP contribution in [0, 0.1) is 12.3 Å². The van der Waals surface area contributed by atoms with Gasteiger partial charge >= 0.3 is 6.03 Å². The Morgan fingerprint density at radius 3 is 1.62 bits per heavy atom. The highest BCUT2D eigenvalue weighted by atomic mass is 31.2. The molecule has 1 atom stereocenters. The lowest BCUT2D eigenvalue weighted by atomic mass is 9.80. The maximum absolute atomic E-state index is 13.7. The predicted octanol–water partition coefficient (Wildman–Crippen LogP) is 7.11. The van der Waals surface area contributed by atoms with Gasteiger partial charge < -0.3 is 57.3 Å². The highest BCUT2D eigenvalue weighted by Gasteiger charge is 2.38. The molecule has 3 aromatic carbocycles. The number of rotatable bonds is 20. The van der Waals surface area contributed by atoms with E-state index in [1.54, 1.807) is 24.0 Å². The standard InChI is InChI=1S/C50H73N4O11P/c1-8-9-31-64-66(54(41(2)3)42(4)5)65-32-25-51-49(56)53-28-35-61-39-37-59-33-26-52(27-34-60-38-40-62-36-29-53)48(55)16-13-30-63-50(43-14-11-10-12-15-43,44-17-21-46(57-6)22-18-44)45-19-23-47(58-7)24-20-45/h1,10-12,14-15,17-24,41-42H,9,13,16,25-40H2,2-7H3,(H,51,56). The second-order valence-corrected chi connectivity index (χ2v) is 17.4. The lowest BCUT2D eigenvalue weighted by molar-refractivity contribution is -0.133. The fourth-order valence-corrected chi connectivity index (χ4v) is 9.01. The first-order valence-corrected chi connectivity index (χ1v) is 24.1. The SMILES string of the molecule is C#CCCOP(OCCNC(=O)N1CCOCCOCCN(C(=O)CCCOC(c2ccccc2)(c2ccc(OC)cc2)c2ccc(OC)cc2)CCOCCOCC1)N(C(C)C)C(C)C. The molecule has 3 aromatic rings. The molecule has 1 heterocycles. The number of methoxy groups -OCH3 is 2. The van der Waals surface area contributed by atoms with E-state index < -0.39 is 14.1 Å².